The highest BCUT2D eigenvalue weighted by Gasteiger charge is 2.26. The molecule has 5 nitrogen and oxygen atoms in total. The molecule has 0 aliphatic carbocycles. The van der Waals surface area contributed by atoms with Gasteiger partial charge in [0.1, 0.15) is 0 Å². The van der Waals surface area contributed by atoms with Crippen LogP contribution in [0.2, 0.25) is 0 Å². The summed E-state index contributed by atoms with van der Waals surface area (Å²) in [6.45, 7) is 11.7. The molecule has 0 saturated carbocycles. The summed E-state index contributed by atoms with van der Waals surface area (Å²) in [4.78, 5) is 28.4. The molecular weight excluding hydrogens is 278 g/mol. The molecule has 0 radical (unpaired) electrons. The van der Waals surface area contributed by atoms with Crippen LogP contribution in [0.15, 0.2) is 0 Å². The molecule has 1 N–H and O–H groups in total. The van der Waals surface area contributed by atoms with Gasteiger partial charge in [-0.3, -0.25) is 14.5 Å². The molecule has 0 aromatic carbocycles. The second kappa shape index (κ2) is 9.82. The fourth-order valence-electron chi connectivity index (χ4n) is 2.91. The predicted octanol–water partition coefficient (Wildman–Crippen LogP) is 1.87. The van der Waals surface area contributed by atoms with E-state index in [2.05, 4.69) is 24.1 Å². The van der Waals surface area contributed by atoms with Crippen LogP contribution < -0.4 is 5.32 Å². The van der Waals surface area contributed by atoms with Crippen LogP contribution in [0.3, 0.4) is 0 Å². The van der Waals surface area contributed by atoms with E-state index in [4.69, 9.17) is 0 Å². The summed E-state index contributed by atoms with van der Waals surface area (Å²) in [6.07, 6.45) is 4.20. The van der Waals surface area contributed by atoms with E-state index in [9.17, 15) is 9.59 Å². The highest BCUT2D eigenvalue weighted by atomic mass is 16.2. The topological polar surface area (TPSA) is 52.7 Å². The van der Waals surface area contributed by atoms with Gasteiger partial charge in [-0.25, -0.2) is 0 Å². The number of piperazine rings is 1. The van der Waals surface area contributed by atoms with E-state index in [-0.39, 0.29) is 17.9 Å². The van der Waals surface area contributed by atoms with Crippen molar-refractivity contribution in [2.75, 3.05) is 32.7 Å². The van der Waals surface area contributed by atoms with Gasteiger partial charge in [-0.2, -0.15) is 0 Å². The lowest BCUT2D eigenvalue weighted by Gasteiger charge is -2.36. The Bertz CT molecular complexity index is 350. The number of amides is 2. The lowest BCUT2D eigenvalue weighted by molar-refractivity contribution is -0.137. The first-order chi connectivity index (χ1) is 10.5. The lowest BCUT2D eigenvalue weighted by atomic mass is 9.97. The van der Waals surface area contributed by atoms with Gasteiger partial charge in [-0.1, -0.05) is 26.7 Å². The predicted molar refractivity (Wildman–Crippen MR) is 89.6 cm³/mol. The summed E-state index contributed by atoms with van der Waals surface area (Å²) < 4.78 is 0. The van der Waals surface area contributed by atoms with Crippen molar-refractivity contribution < 1.29 is 9.59 Å². The maximum Gasteiger partial charge on any atom is 0.234 e. The van der Waals surface area contributed by atoms with Gasteiger partial charge in [0.25, 0.3) is 0 Å². The van der Waals surface area contributed by atoms with Crippen molar-refractivity contribution in [3.63, 3.8) is 0 Å². The molecule has 1 fully saturated rings. The van der Waals surface area contributed by atoms with Crippen molar-refractivity contribution in [2.24, 2.45) is 5.92 Å². The summed E-state index contributed by atoms with van der Waals surface area (Å²) in [5.41, 5.74) is 0. The van der Waals surface area contributed by atoms with Crippen LogP contribution in [-0.4, -0.2) is 60.4 Å². The van der Waals surface area contributed by atoms with E-state index in [0.717, 1.165) is 51.9 Å². The molecule has 22 heavy (non-hydrogen) atoms. The van der Waals surface area contributed by atoms with E-state index < -0.39 is 0 Å². The number of hydrogen-bond donors (Lipinski definition) is 1. The van der Waals surface area contributed by atoms with Crippen LogP contribution in [-0.2, 0) is 9.59 Å². The largest absolute Gasteiger partial charge is 0.353 e. The van der Waals surface area contributed by atoms with E-state index in [1.807, 2.05) is 18.7 Å². The molecule has 128 valence electrons. The van der Waals surface area contributed by atoms with Crippen molar-refractivity contribution in [3.8, 4) is 0 Å². The quantitative estimate of drug-likeness (QED) is 0.744. The van der Waals surface area contributed by atoms with Crippen LogP contribution >= 0.6 is 0 Å². The third-order valence-corrected chi connectivity index (χ3v) is 4.25. The summed E-state index contributed by atoms with van der Waals surface area (Å²) in [6, 6.07) is 0.180. The maximum atomic E-state index is 12.5. The van der Waals surface area contributed by atoms with E-state index >= 15 is 0 Å². The Hall–Kier alpha value is -1.10. The van der Waals surface area contributed by atoms with Crippen molar-refractivity contribution in [2.45, 2.75) is 59.4 Å². The van der Waals surface area contributed by atoms with Gasteiger partial charge in [0.15, 0.2) is 0 Å². The number of hydrogen-bond acceptors (Lipinski definition) is 3. The van der Waals surface area contributed by atoms with Crippen LogP contribution in [0.1, 0.15) is 53.4 Å². The van der Waals surface area contributed by atoms with Crippen LogP contribution in [0.5, 0.6) is 0 Å². The molecule has 1 saturated heterocycles. The van der Waals surface area contributed by atoms with Crippen LogP contribution in [0.4, 0.5) is 0 Å². The van der Waals surface area contributed by atoms with Gasteiger partial charge in [0, 0.05) is 38.1 Å². The maximum absolute atomic E-state index is 12.5. The lowest BCUT2D eigenvalue weighted by Crippen LogP contribution is -2.52. The molecule has 1 atom stereocenters. The molecule has 0 spiro atoms. The molecule has 2 amide bonds. The molecule has 1 aliphatic rings. The zero-order valence-corrected chi connectivity index (χ0v) is 14.7. The zero-order valence-electron chi connectivity index (χ0n) is 14.7. The standard InChI is InChI=1S/C17H33N3O2/c1-5-7-8-15(6-2)17(22)20-11-9-19(10-12-20)13-16(21)18-14(3)4/h14-15H,5-13H2,1-4H3,(H,18,21). The first-order valence-electron chi connectivity index (χ1n) is 8.78. The number of unbranched alkanes of at least 4 members (excludes halogenated alkanes) is 1. The number of nitrogens with one attached hydrogen (secondary N) is 1. The summed E-state index contributed by atoms with van der Waals surface area (Å²) in [7, 11) is 0. The monoisotopic (exact) mass is 311 g/mol. The Morgan fingerprint density at radius 1 is 1.09 bits per heavy atom. The molecule has 1 unspecified atom stereocenters. The summed E-state index contributed by atoms with van der Waals surface area (Å²) in [5, 5.41) is 2.91. The molecule has 0 bridgehead atoms. The van der Waals surface area contributed by atoms with Gasteiger partial charge in [-0.15, -0.1) is 0 Å². The third-order valence-electron chi connectivity index (χ3n) is 4.25. The molecule has 1 aliphatic heterocycles. The number of carbonyl (C=O) groups is 2. The first-order valence-corrected chi connectivity index (χ1v) is 8.78. The Morgan fingerprint density at radius 3 is 2.23 bits per heavy atom. The highest BCUT2D eigenvalue weighted by Crippen LogP contribution is 2.17. The fraction of sp³-hybridized carbons (Fsp3) is 0.882. The molecule has 1 rings (SSSR count). The Balaban J connectivity index is 2.37. The normalized spacial score (nSPS) is 17.6. The molecular formula is C17H33N3O2. The van der Waals surface area contributed by atoms with Gasteiger partial charge in [0.2, 0.25) is 11.8 Å². The second-order valence-electron chi connectivity index (χ2n) is 6.57. The smallest absolute Gasteiger partial charge is 0.234 e. The number of carbonyl (C=O) groups excluding carboxylic acids is 2. The van der Waals surface area contributed by atoms with Gasteiger partial charge in [0.05, 0.1) is 6.54 Å². The Labute approximate surface area is 135 Å². The van der Waals surface area contributed by atoms with E-state index in [1.54, 1.807) is 0 Å². The van der Waals surface area contributed by atoms with E-state index in [1.165, 1.54) is 0 Å². The highest BCUT2D eigenvalue weighted by molar-refractivity contribution is 5.79. The van der Waals surface area contributed by atoms with Crippen molar-refractivity contribution in [1.82, 2.24) is 15.1 Å². The van der Waals surface area contributed by atoms with Crippen molar-refractivity contribution in [1.29, 1.82) is 0 Å². The fourth-order valence-corrected chi connectivity index (χ4v) is 2.91. The molecule has 1 heterocycles. The SMILES string of the molecule is CCCCC(CC)C(=O)N1CCN(CC(=O)NC(C)C)CC1. The Kier molecular flexibility index (Phi) is 8.46. The van der Waals surface area contributed by atoms with Crippen molar-refractivity contribution >= 4 is 11.8 Å². The van der Waals surface area contributed by atoms with E-state index in [0.29, 0.717) is 12.5 Å². The minimum atomic E-state index is 0.0733. The summed E-state index contributed by atoms with van der Waals surface area (Å²) in [5.74, 6) is 0.558. The minimum absolute atomic E-state index is 0.0733. The number of nitrogens with zero attached hydrogens (tertiary/aromatic N) is 2. The average Bonchev–Trinajstić information content (AvgIpc) is 2.47. The molecule has 0 aromatic rings. The first kappa shape index (κ1) is 18.9. The Morgan fingerprint density at radius 2 is 1.73 bits per heavy atom. The number of rotatable bonds is 8. The molecule has 0 aromatic heterocycles. The van der Waals surface area contributed by atoms with Crippen molar-refractivity contribution in [3.05, 3.63) is 0 Å². The van der Waals surface area contributed by atoms with Gasteiger partial charge in [-0.05, 0) is 26.7 Å². The second-order valence-corrected chi connectivity index (χ2v) is 6.57. The summed E-state index contributed by atoms with van der Waals surface area (Å²) >= 11 is 0. The van der Waals surface area contributed by atoms with Gasteiger partial charge >= 0.3 is 0 Å². The molecule has 5 heteroatoms. The van der Waals surface area contributed by atoms with Gasteiger partial charge < -0.3 is 10.2 Å². The van der Waals surface area contributed by atoms with Crippen LogP contribution in [0.25, 0.3) is 0 Å². The van der Waals surface area contributed by atoms with Crippen LogP contribution in [0, 0.1) is 5.92 Å². The third kappa shape index (κ3) is 6.34. The average molecular weight is 311 g/mol. The minimum Gasteiger partial charge on any atom is -0.353 e. The zero-order chi connectivity index (χ0) is 16.5.